The third-order valence-corrected chi connectivity index (χ3v) is 5.30. The fourth-order valence-electron chi connectivity index (χ4n) is 3.55. The predicted octanol–water partition coefficient (Wildman–Crippen LogP) is 2.12. The second-order valence-corrected chi connectivity index (χ2v) is 7.24. The summed E-state index contributed by atoms with van der Waals surface area (Å²) in [5, 5.41) is 6.08. The lowest BCUT2D eigenvalue weighted by molar-refractivity contribution is -0.130. The molecule has 134 valence electrons. The molecule has 3 aliphatic rings. The number of ether oxygens (including phenoxy) is 2. The van der Waals surface area contributed by atoms with Crippen LogP contribution in [0.25, 0.3) is 0 Å². The van der Waals surface area contributed by atoms with E-state index in [9.17, 15) is 9.59 Å². The van der Waals surface area contributed by atoms with E-state index in [-0.39, 0.29) is 30.4 Å². The monoisotopic (exact) mass is 344 g/mol. The largest absolute Gasteiger partial charge is 0.454 e. The van der Waals surface area contributed by atoms with Crippen LogP contribution < -0.4 is 20.1 Å². The van der Waals surface area contributed by atoms with Crippen LogP contribution >= 0.6 is 0 Å². The molecule has 1 heterocycles. The number of fused-ring (bicyclic) bond motifs is 1. The molecule has 4 rings (SSSR count). The van der Waals surface area contributed by atoms with Gasteiger partial charge in [-0.15, -0.1) is 0 Å². The molecule has 0 atom stereocenters. The van der Waals surface area contributed by atoms with Gasteiger partial charge in [0.25, 0.3) is 0 Å². The average Bonchev–Trinajstić information content (AvgIpc) is 3.33. The second-order valence-electron chi connectivity index (χ2n) is 7.24. The van der Waals surface area contributed by atoms with E-state index < -0.39 is 0 Å². The first-order valence-corrected chi connectivity index (χ1v) is 9.15. The Morgan fingerprint density at radius 3 is 2.32 bits per heavy atom. The molecule has 0 saturated heterocycles. The zero-order valence-electron chi connectivity index (χ0n) is 14.3. The average molecular weight is 344 g/mol. The molecule has 2 N–H and O–H groups in total. The highest BCUT2D eigenvalue weighted by atomic mass is 16.7. The molecule has 2 amide bonds. The minimum atomic E-state index is 0.0129. The predicted molar refractivity (Wildman–Crippen MR) is 91.0 cm³/mol. The first kappa shape index (κ1) is 16.2. The molecule has 0 aromatic heterocycles. The number of benzene rings is 1. The molecule has 0 unspecified atom stereocenters. The molecule has 1 aromatic rings. The third kappa shape index (κ3) is 3.89. The van der Waals surface area contributed by atoms with E-state index in [0.29, 0.717) is 12.6 Å². The third-order valence-electron chi connectivity index (χ3n) is 5.30. The van der Waals surface area contributed by atoms with Gasteiger partial charge < -0.3 is 20.1 Å². The zero-order valence-corrected chi connectivity index (χ0v) is 14.3. The number of rotatable bonds is 5. The minimum Gasteiger partial charge on any atom is -0.454 e. The van der Waals surface area contributed by atoms with Crippen molar-refractivity contribution in [2.75, 3.05) is 6.79 Å². The lowest BCUT2D eigenvalue weighted by atomic mass is 9.81. The Balaban J connectivity index is 1.23. The van der Waals surface area contributed by atoms with E-state index in [4.69, 9.17) is 9.47 Å². The number of amides is 2. The van der Waals surface area contributed by atoms with E-state index in [1.807, 2.05) is 18.2 Å². The lowest BCUT2D eigenvalue weighted by Gasteiger charge is -2.27. The Kier molecular flexibility index (Phi) is 4.51. The Morgan fingerprint density at radius 2 is 1.60 bits per heavy atom. The summed E-state index contributed by atoms with van der Waals surface area (Å²) in [5.74, 6) is 1.84. The van der Waals surface area contributed by atoms with Crippen LogP contribution in [0.3, 0.4) is 0 Å². The van der Waals surface area contributed by atoms with Crippen molar-refractivity contribution in [3.05, 3.63) is 23.8 Å². The van der Waals surface area contributed by atoms with Gasteiger partial charge in [0, 0.05) is 24.4 Å². The molecular weight excluding hydrogens is 320 g/mol. The number of carbonyl (C=O) groups excluding carboxylic acids is 2. The number of carbonyl (C=O) groups is 2. The van der Waals surface area contributed by atoms with Crippen LogP contribution in [0.1, 0.15) is 44.1 Å². The van der Waals surface area contributed by atoms with Crippen LogP contribution in [-0.4, -0.2) is 24.6 Å². The van der Waals surface area contributed by atoms with Gasteiger partial charge in [0.05, 0.1) is 0 Å². The maximum Gasteiger partial charge on any atom is 0.231 e. The standard InChI is InChI=1S/C19H24N2O4/c22-18(20-10-12-1-8-16-17(9-12)25-11-24-16)13-2-4-14(5-3-13)19(23)21-15-6-7-15/h1,8-9,13-15H,2-7,10-11H2,(H,20,22)(H,21,23). The Hall–Kier alpha value is -2.24. The van der Waals surface area contributed by atoms with Crippen molar-refractivity contribution < 1.29 is 19.1 Å². The van der Waals surface area contributed by atoms with E-state index in [0.717, 1.165) is 55.6 Å². The van der Waals surface area contributed by atoms with Crippen molar-refractivity contribution in [2.24, 2.45) is 11.8 Å². The summed E-state index contributed by atoms with van der Waals surface area (Å²) in [7, 11) is 0. The molecule has 0 bridgehead atoms. The molecule has 6 heteroatoms. The molecule has 6 nitrogen and oxygen atoms in total. The van der Waals surface area contributed by atoms with Gasteiger partial charge in [-0.3, -0.25) is 9.59 Å². The van der Waals surface area contributed by atoms with Crippen molar-refractivity contribution in [1.82, 2.24) is 10.6 Å². The van der Waals surface area contributed by atoms with Crippen LogP contribution in [-0.2, 0) is 16.1 Å². The topological polar surface area (TPSA) is 76.7 Å². The van der Waals surface area contributed by atoms with Gasteiger partial charge in [-0.25, -0.2) is 0 Å². The molecule has 2 aliphatic carbocycles. The second kappa shape index (κ2) is 6.94. The van der Waals surface area contributed by atoms with Crippen LogP contribution in [0.5, 0.6) is 11.5 Å². The maximum atomic E-state index is 12.4. The highest BCUT2D eigenvalue weighted by Gasteiger charge is 2.32. The molecular formula is C19H24N2O4. The number of hydrogen-bond acceptors (Lipinski definition) is 4. The van der Waals surface area contributed by atoms with E-state index in [1.165, 1.54) is 0 Å². The van der Waals surface area contributed by atoms with Gasteiger partial charge in [0.1, 0.15) is 0 Å². The van der Waals surface area contributed by atoms with Gasteiger partial charge in [0.2, 0.25) is 18.6 Å². The molecule has 2 fully saturated rings. The molecule has 0 radical (unpaired) electrons. The Bertz CT molecular complexity index is 663. The fourth-order valence-corrected chi connectivity index (χ4v) is 3.55. The fraction of sp³-hybridized carbons (Fsp3) is 0.579. The normalized spacial score (nSPS) is 24.6. The molecule has 2 saturated carbocycles. The Labute approximate surface area is 147 Å². The van der Waals surface area contributed by atoms with Crippen LogP contribution in [0, 0.1) is 11.8 Å². The molecule has 1 aliphatic heterocycles. The quantitative estimate of drug-likeness (QED) is 0.858. The van der Waals surface area contributed by atoms with Crippen LogP contribution in [0.2, 0.25) is 0 Å². The highest BCUT2D eigenvalue weighted by Crippen LogP contribution is 2.33. The maximum absolute atomic E-state index is 12.4. The first-order chi connectivity index (χ1) is 12.2. The SMILES string of the molecule is O=C(NCc1ccc2c(c1)OCO2)C1CCC(C(=O)NC2CC2)CC1. The van der Waals surface area contributed by atoms with Gasteiger partial charge in [0.15, 0.2) is 11.5 Å². The van der Waals surface area contributed by atoms with Crippen molar-refractivity contribution in [3.8, 4) is 11.5 Å². The molecule has 1 aromatic carbocycles. The summed E-state index contributed by atoms with van der Waals surface area (Å²) < 4.78 is 10.6. The lowest BCUT2D eigenvalue weighted by Crippen LogP contribution is -2.38. The summed E-state index contributed by atoms with van der Waals surface area (Å²) in [5.41, 5.74) is 0.995. The highest BCUT2D eigenvalue weighted by molar-refractivity contribution is 5.81. The molecule has 0 spiro atoms. The van der Waals surface area contributed by atoms with E-state index in [2.05, 4.69) is 10.6 Å². The number of nitrogens with one attached hydrogen (secondary N) is 2. The Morgan fingerprint density at radius 1 is 0.920 bits per heavy atom. The summed E-state index contributed by atoms with van der Waals surface area (Å²) in [4.78, 5) is 24.5. The summed E-state index contributed by atoms with van der Waals surface area (Å²) in [6.45, 7) is 0.736. The minimum absolute atomic E-state index is 0.0129. The van der Waals surface area contributed by atoms with E-state index >= 15 is 0 Å². The summed E-state index contributed by atoms with van der Waals surface area (Å²) in [6, 6.07) is 6.12. The van der Waals surface area contributed by atoms with Crippen LogP contribution in [0.15, 0.2) is 18.2 Å². The van der Waals surface area contributed by atoms with Crippen molar-refractivity contribution in [3.63, 3.8) is 0 Å². The van der Waals surface area contributed by atoms with Crippen molar-refractivity contribution >= 4 is 11.8 Å². The van der Waals surface area contributed by atoms with Gasteiger partial charge in [-0.1, -0.05) is 6.07 Å². The van der Waals surface area contributed by atoms with Gasteiger partial charge in [-0.2, -0.15) is 0 Å². The number of hydrogen-bond donors (Lipinski definition) is 2. The van der Waals surface area contributed by atoms with Crippen LogP contribution in [0.4, 0.5) is 0 Å². The van der Waals surface area contributed by atoms with Gasteiger partial charge in [-0.05, 0) is 56.2 Å². The van der Waals surface area contributed by atoms with E-state index in [1.54, 1.807) is 0 Å². The summed E-state index contributed by atoms with van der Waals surface area (Å²) >= 11 is 0. The zero-order chi connectivity index (χ0) is 17.2. The van der Waals surface area contributed by atoms with Gasteiger partial charge >= 0.3 is 0 Å². The smallest absolute Gasteiger partial charge is 0.231 e. The first-order valence-electron chi connectivity index (χ1n) is 9.15. The molecule has 25 heavy (non-hydrogen) atoms. The summed E-state index contributed by atoms with van der Waals surface area (Å²) in [6.07, 6.45) is 5.42. The van der Waals surface area contributed by atoms with Crippen molar-refractivity contribution in [1.29, 1.82) is 0 Å². The van der Waals surface area contributed by atoms with Crippen molar-refractivity contribution in [2.45, 2.75) is 51.1 Å².